The Labute approximate surface area is 162 Å². The van der Waals surface area contributed by atoms with Crippen molar-refractivity contribution >= 4 is 39.0 Å². The SMILES string of the molecule is CC(C)(C)C1CCc2c(sc3ncnc(Nc4cccc(C(=O)O)c4)c23)C1. The van der Waals surface area contributed by atoms with Crippen molar-refractivity contribution in [1.82, 2.24) is 9.97 Å². The zero-order valence-corrected chi connectivity index (χ0v) is 16.6. The second-order valence-corrected chi connectivity index (χ2v) is 9.31. The molecular weight excluding hydrogens is 358 g/mol. The highest BCUT2D eigenvalue weighted by Gasteiger charge is 2.31. The summed E-state index contributed by atoms with van der Waals surface area (Å²) in [5.74, 6) is 0.497. The van der Waals surface area contributed by atoms with Crippen LogP contribution in [-0.4, -0.2) is 21.0 Å². The summed E-state index contributed by atoms with van der Waals surface area (Å²) in [6.07, 6.45) is 4.88. The molecule has 0 spiro atoms. The number of fused-ring (bicyclic) bond motifs is 3. The number of anilines is 2. The maximum atomic E-state index is 11.2. The third kappa shape index (κ3) is 3.41. The first-order valence-corrected chi connectivity index (χ1v) is 10.00. The van der Waals surface area contributed by atoms with Crippen LogP contribution in [0.1, 0.15) is 48.0 Å². The van der Waals surface area contributed by atoms with Crippen LogP contribution in [0.15, 0.2) is 30.6 Å². The van der Waals surface area contributed by atoms with Gasteiger partial charge in [-0.05, 0) is 54.4 Å². The van der Waals surface area contributed by atoms with E-state index in [4.69, 9.17) is 0 Å². The molecule has 140 valence electrons. The Bertz CT molecular complexity index is 1020. The average Bonchev–Trinajstić information content (AvgIpc) is 3.00. The summed E-state index contributed by atoms with van der Waals surface area (Å²) < 4.78 is 0. The number of thiophene rings is 1. The monoisotopic (exact) mass is 381 g/mol. The lowest BCUT2D eigenvalue weighted by Crippen LogP contribution is -2.26. The first-order chi connectivity index (χ1) is 12.8. The number of hydrogen-bond acceptors (Lipinski definition) is 5. The minimum atomic E-state index is -0.937. The number of carboxylic acid groups (broad SMARTS) is 1. The topological polar surface area (TPSA) is 75.1 Å². The van der Waals surface area contributed by atoms with Gasteiger partial charge in [0.25, 0.3) is 0 Å². The van der Waals surface area contributed by atoms with Crippen molar-refractivity contribution in [1.29, 1.82) is 0 Å². The van der Waals surface area contributed by atoms with Crippen molar-refractivity contribution in [3.63, 3.8) is 0 Å². The third-order valence-corrected chi connectivity index (χ3v) is 6.60. The summed E-state index contributed by atoms with van der Waals surface area (Å²) in [5, 5.41) is 13.6. The van der Waals surface area contributed by atoms with Crippen molar-refractivity contribution in [2.24, 2.45) is 11.3 Å². The number of aromatic nitrogens is 2. The highest BCUT2D eigenvalue weighted by molar-refractivity contribution is 7.19. The third-order valence-electron chi connectivity index (χ3n) is 5.44. The van der Waals surface area contributed by atoms with Crippen LogP contribution in [0.25, 0.3) is 10.2 Å². The fourth-order valence-electron chi connectivity index (χ4n) is 3.81. The van der Waals surface area contributed by atoms with Gasteiger partial charge >= 0.3 is 5.97 Å². The van der Waals surface area contributed by atoms with E-state index in [0.29, 0.717) is 11.3 Å². The lowest BCUT2D eigenvalue weighted by Gasteiger charge is -2.33. The Morgan fingerprint density at radius 2 is 2.11 bits per heavy atom. The summed E-state index contributed by atoms with van der Waals surface area (Å²) in [4.78, 5) is 22.6. The Morgan fingerprint density at radius 1 is 1.30 bits per heavy atom. The lowest BCUT2D eigenvalue weighted by molar-refractivity contribution is 0.0697. The second-order valence-electron chi connectivity index (χ2n) is 8.22. The molecule has 6 heteroatoms. The van der Waals surface area contributed by atoms with Gasteiger partial charge in [0.15, 0.2) is 0 Å². The number of carbonyl (C=O) groups is 1. The number of benzene rings is 1. The Balaban J connectivity index is 1.72. The van der Waals surface area contributed by atoms with Crippen molar-refractivity contribution in [2.75, 3.05) is 5.32 Å². The first kappa shape index (κ1) is 17.9. The van der Waals surface area contributed by atoms with Crippen molar-refractivity contribution in [3.05, 3.63) is 46.6 Å². The van der Waals surface area contributed by atoms with Gasteiger partial charge in [-0.25, -0.2) is 14.8 Å². The molecule has 5 nitrogen and oxygen atoms in total. The van der Waals surface area contributed by atoms with E-state index in [-0.39, 0.29) is 5.56 Å². The number of aromatic carboxylic acids is 1. The van der Waals surface area contributed by atoms with Crippen LogP contribution in [0.2, 0.25) is 0 Å². The minimum absolute atomic E-state index is 0.255. The molecule has 1 aromatic carbocycles. The smallest absolute Gasteiger partial charge is 0.335 e. The Kier molecular flexibility index (Phi) is 4.38. The molecule has 1 unspecified atom stereocenters. The van der Waals surface area contributed by atoms with E-state index in [0.717, 1.165) is 34.6 Å². The number of carboxylic acids is 1. The maximum Gasteiger partial charge on any atom is 0.335 e. The summed E-state index contributed by atoms with van der Waals surface area (Å²) in [6.45, 7) is 6.95. The number of rotatable bonds is 3. The van der Waals surface area contributed by atoms with Crippen LogP contribution in [0.5, 0.6) is 0 Å². The van der Waals surface area contributed by atoms with E-state index in [9.17, 15) is 9.90 Å². The van der Waals surface area contributed by atoms with E-state index in [1.54, 1.807) is 35.9 Å². The van der Waals surface area contributed by atoms with Crippen LogP contribution < -0.4 is 5.32 Å². The normalized spacial score (nSPS) is 16.9. The van der Waals surface area contributed by atoms with Crippen LogP contribution in [0.3, 0.4) is 0 Å². The van der Waals surface area contributed by atoms with E-state index in [1.165, 1.54) is 16.9 Å². The van der Waals surface area contributed by atoms with Gasteiger partial charge < -0.3 is 10.4 Å². The molecule has 0 radical (unpaired) electrons. The van der Waals surface area contributed by atoms with Gasteiger partial charge in [0.05, 0.1) is 10.9 Å². The zero-order valence-electron chi connectivity index (χ0n) is 15.7. The first-order valence-electron chi connectivity index (χ1n) is 9.18. The number of nitrogens with one attached hydrogen (secondary N) is 1. The van der Waals surface area contributed by atoms with Crippen molar-refractivity contribution in [3.8, 4) is 0 Å². The number of aryl methyl sites for hydroxylation is 1. The van der Waals surface area contributed by atoms with Gasteiger partial charge in [-0.3, -0.25) is 0 Å². The average molecular weight is 382 g/mol. The summed E-state index contributed by atoms with van der Waals surface area (Å²) in [7, 11) is 0. The highest BCUT2D eigenvalue weighted by Crippen LogP contribution is 2.44. The fraction of sp³-hybridized carbons (Fsp3) is 0.381. The summed E-state index contributed by atoms with van der Waals surface area (Å²) in [5.41, 5.74) is 2.63. The predicted octanol–water partition coefficient (Wildman–Crippen LogP) is 5.28. The molecule has 0 saturated carbocycles. The number of hydrogen-bond donors (Lipinski definition) is 2. The molecule has 2 aromatic heterocycles. The van der Waals surface area contributed by atoms with E-state index >= 15 is 0 Å². The van der Waals surface area contributed by atoms with Crippen LogP contribution in [0, 0.1) is 11.3 Å². The summed E-state index contributed by atoms with van der Waals surface area (Å²) in [6, 6.07) is 6.81. The molecule has 0 fully saturated rings. The summed E-state index contributed by atoms with van der Waals surface area (Å²) >= 11 is 1.77. The Morgan fingerprint density at radius 3 is 2.85 bits per heavy atom. The van der Waals surface area contributed by atoms with E-state index < -0.39 is 5.97 Å². The molecule has 0 saturated heterocycles. The van der Waals surface area contributed by atoms with Gasteiger partial charge in [0.2, 0.25) is 0 Å². The molecule has 27 heavy (non-hydrogen) atoms. The quantitative estimate of drug-likeness (QED) is 0.645. The van der Waals surface area contributed by atoms with Gasteiger partial charge in [0, 0.05) is 10.6 Å². The van der Waals surface area contributed by atoms with Crippen LogP contribution in [0.4, 0.5) is 11.5 Å². The van der Waals surface area contributed by atoms with Crippen LogP contribution >= 0.6 is 11.3 Å². The van der Waals surface area contributed by atoms with Crippen molar-refractivity contribution < 1.29 is 9.90 Å². The molecule has 2 N–H and O–H groups in total. The zero-order chi connectivity index (χ0) is 19.2. The molecular formula is C21H23N3O2S. The Hall–Kier alpha value is -2.47. The molecule has 1 atom stereocenters. The maximum absolute atomic E-state index is 11.2. The molecule has 1 aliphatic rings. The molecule has 0 amide bonds. The van der Waals surface area contributed by atoms with Gasteiger partial charge in [-0.15, -0.1) is 11.3 Å². The standard InChI is InChI=1S/C21H23N3O2S/c1-21(2,3)13-7-8-15-16(10-13)27-19-17(15)18(22-11-23-19)24-14-6-4-5-12(9-14)20(25)26/h4-6,9,11,13H,7-8,10H2,1-3H3,(H,25,26)(H,22,23,24). The lowest BCUT2D eigenvalue weighted by atomic mass is 9.72. The van der Waals surface area contributed by atoms with Crippen molar-refractivity contribution in [2.45, 2.75) is 40.0 Å². The number of nitrogens with zero attached hydrogens (tertiary/aromatic N) is 2. The molecule has 2 heterocycles. The predicted molar refractivity (Wildman–Crippen MR) is 109 cm³/mol. The molecule has 3 aromatic rings. The van der Waals surface area contributed by atoms with Gasteiger partial charge in [-0.2, -0.15) is 0 Å². The molecule has 0 aliphatic heterocycles. The highest BCUT2D eigenvalue weighted by atomic mass is 32.1. The molecule has 0 bridgehead atoms. The molecule has 1 aliphatic carbocycles. The fourth-order valence-corrected chi connectivity index (χ4v) is 5.08. The van der Waals surface area contributed by atoms with E-state index in [1.807, 2.05) is 6.07 Å². The van der Waals surface area contributed by atoms with Crippen LogP contribution in [-0.2, 0) is 12.8 Å². The van der Waals surface area contributed by atoms with E-state index in [2.05, 4.69) is 36.1 Å². The molecule has 4 rings (SSSR count). The minimum Gasteiger partial charge on any atom is -0.478 e. The van der Waals surface area contributed by atoms with Gasteiger partial charge in [0.1, 0.15) is 17.0 Å². The largest absolute Gasteiger partial charge is 0.478 e. The van der Waals surface area contributed by atoms with Gasteiger partial charge in [-0.1, -0.05) is 26.8 Å². The second kappa shape index (κ2) is 6.60.